The van der Waals surface area contributed by atoms with E-state index < -0.39 is 0 Å². The van der Waals surface area contributed by atoms with E-state index in [0.717, 1.165) is 16.3 Å². The van der Waals surface area contributed by atoms with Crippen molar-refractivity contribution in [2.75, 3.05) is 27.7 Å². The summed E-state index contributed by atoms with van der Waals surface area (Å²) in [6.07, 6.45) is 0. The Bertz CT molecular complexity index is 677. The van der Waals surface area contributed by atoms with E-state index in [9.17, 15) is 9.59 Å². The lowest BCUT2D eigenvalue weighted by molar-refractivity contribution is -0.129. The van der Waals surface area contributed by atoms with E-state index in [1.54, 1.807) is 44.6 Å². The molecule has 2 aromatic rings. The molecule has 0 radical (unpaired) electrons. The second kappa shape index (κ2) is 6.70. The van der Waals surface area contributed by atoms with Crippen molar-refractivity contribution >= 4 is 23.2 Å². The smallest absolute Gasteiger partial charge is 0.254 e. The number of likely N-dealkylation sites (N-methyl/N-ethyl adjacent to an activating group) is 2. The summed E-state index contributed by atoms with van der Waals surface area (Å²) in [7, 11) is 4.97. The molecule has 0 aliphatic rings. The molecule has 0 unspecified atom stereocenters. The molecule has 0 aliphatic heterocycles. The Balaban J connectivity index is 2.09. The summed E-state index contributed by atoms with van der Waals surface area (Å²) in [5, 5.41) is 2.93. The Morgan fingerprint density at radius 1 is 1.14 bits per heavy atom. The molecule has 0 N–H and O–H groups in total. The van der Waals surface area contributed by atoms with Gasteiger partial charge in [0.05, 0.1) is 6.54 Å². The Kier molecular flexibility index (Phi) is 4.92. The van der Waals surface area contributed by atoms with Gasteiger partial charge in [-0.2, -0.15) is 0 Å². The highest BCUT2D eigenvalue weighted by molar-refractivity contribution is 7.13. The van der Waals surface area contributed by atoms with Gasteiger partial charge in [-0.05, 0) is 19.1 Å². The number of aromatic nitrogens is 1. The Hall–Kier alpha value is -2.21. The van der Waals surface area contributed by atoms with Crippen LogP contribution in [-0.4, -0.2) is 54.3 Å². The molecule has 1 heterocycles. The summed E-state index contributed by atoms with van der Waals surface area (Å²) in [6, 6.07) is 7.30. The lowest BCUT2D eigenvalue weighted by Gasteiger charge is -2.19. The van der Waals surface area contributed by atoms with Crippen LogP contribution >= 0.6 is 11.3 Å². The molecule has 1 aromatic carbocycles. The number of aryl methyl sites for hydroxylation is 1. The van der Waals surface area contributed by atoms with E-state index in [1.165, 1.54) is 9.80 Å². The summed E-state index contributed by atoms with van der Waals surface area (Å²) in [5.74, 6) is -0.275. The van der Waals surface area contributed by atoms with Gasteiger partial charge in [-0.15, -0.1) is 11.3 Å². The van der Waals surface area contributed by atoms with Crippen molar-refractivity contribution in [3.63, 3.8) is 0 Å². The Labute approximate surface area is 134 Å². The minimum Gasteiger partial charge on any atom is -0.347 e. The molecule has 0 bridgehead atoms. The third-order valence-corrected chi connectivity index (χ3v) is 4.22. The van der Waals surface area contributed by atoms with E-state index in [0.29, 0.717) is 5.56 Å². The Morgan fingerprint density at radius 2 is 1.77 bits per heavy atom. The van der Waals surface area contributed by atoms with Gasteiger partial charge in [0.1, 0.15) is 5.01 Å². The average molecular weight is 317 g/mol. The minimum atomic E-state index is -0.169. The second-order valence-electron chi connectivity index (χ2n) is 5.32. The topological polar surface area (TPSA) is 53.5 Å². The zero-order valence-electron chi connectivity index (χ0n) is 13.2. The lowest BCUT2D eigenvalue weighted by atomic mass is 10.1. The van der Waals surface area contributed by atoms with E-state index >= 15 is 0 Å². The number of carbonyl (C=O) groups excluding carboxylic acids is 2. The molecule has 116 valence electrons. The molecular formula is C16H19N3O2S. The molecule has 0 aliphatic carbocycles. The van der Waals surface area contributed by atoms with Gasteiger partial charge in [-0.25, -0.2) is 4.98 Å². The van der Waals surface area contributed by atoms with Crippen molar-refractivity contribution in [3.05, 3.63) is 40.9 Å². The van der Waals surface area contributed by atoms with Crippen molar-refractivity contribution in [2.24, 2.45) is 0 Å². The second-order valence-corrected chi connectivity index (χ2v) is 6.18. The van der Waals surface area contributed by atoms with Crippen molar-refractivity contribution in [2.45, 2.75) is 6.92 Å². The fourth-order valence-corrected chi connectivity index (χ4v) is 2.68. The van der Waals surface area contributed by atoms with Crippen LogP contribution in [0.3, 0.4) is 0 Å². The van der Waals surface area contributed by atoms with Crippen molar-refractivity contribution in [1.82, 2.24) is 14.8 Å². The fourth-order valence-electron chi connectivity index (χ4n) is 1.88. The van der Waals surface area contributed by atoms with Gasteiger partial charge in [0.2, 0.25) is 5.91 Å². The zero-order chi connectivity index (χ0) is 16.3. The van der Waals surface area contributed by atoms with Crippen molar-refractivity contribution < 1.29 is 9.59 Å². The predicted octanol–water partition coefficient (Wildman–Crippen LogP) is 2.28. The molecule has 2 rings (SSSR count). The molecule has 0 saturated carbocycles. The normalized spacial score (nSPS) is 10.4. The molecule has 0 saturated heterocycles. The molecule has 5 nitrogen and oxygen atoms in total. The summed E-state index contributed by atoms with van der Waals surface area (Å²) < 4.78 is 0. The van der Waals surface area contributed by atoms with Crippen LogP contribution in [0, 0.1) is 6.92 Å². The monoisotopic (exact) mass is 317 g/mol. The molecule has 1 aromatic heterocycles. The maximum absolute atomic E-state index is 12.3. The molecule has 0 fully saturated rings. The van der Waals surface area contributed by atoms with Crippen LogP contribution in [-0.2, 0) is 4.79 Å². The first-order chi connectivity index (χ1) is 10.4. The molecule has 22 heavy (non-hydrogen) atoms. The van der Waals surface area contributed by atoms with Crippen LogP contribution in [0.4, 0.5) is 0 Å². The average Bonchev–Trinajstić information content (AvgIpc) is 2.93. The first-order valence-corrected chi connectivity index (χ1v) is 7.74. The van der Waals surface area contributed by atoms with E-state index in [4.69, 9.17) is 0 Å². The predicted molar refractivity (Wildman–Crippen MR) is 87.9 cm³/mol. The number of thiazole rings is 1. The zero-order valence-corrected chi connectivity index (χ0v) is 14.0. The first-order valence-electron chi connectivity index (χ1n) is 6.86. The highest BCUT2D eigenvalue weighted by Gasteiger charge is 2.16. The quantitative estimate of drug-likeness (QED) is 0.869. The number of rotatable bonds is 4. The maximum Gasteiger partial charge on any atom is 0.254 e. The number of hydrogen-bond donors (Lipinski definition) is 0. The third-order valence-electron chi connectivity index (χ3n) is 3.22. The SMILES string of the molecule is Cc1csc(-c2ccc(C(=O)N(C)CC(=O)N(C)C)cc2)n1. The number of carbonyl (C=O) groups is 2. The maximum atomic E-state index is 12.3. The molecule has 0 atom stereocenters. The van der Waals surface area contributed by atoms with Crippen LogP contribution < -0.4 is 0 Å². The van der Waals surface area contributed by atoms with Crippen molar-refractivity contribution in [1.29, 1.82) is 0 Å². The molecular weight excluding hydrogens is 298 g/mol. The van der Waals surface area contributed by atoms with Crippen LogP contribution in [0.25, 0.3) is 10.6 Å². The van der Waals surface area contributed by atoms with Gasteiger partial charge in [0.25, 0.3) is 5.91 Å². The number of nitrogens with zero attached hydrogens (tertiary/aromatic N) is 3. The highest BCUT2D eigenvalue weighted by Crippen LogP contribution is 2.23. The fraction of sp³-hybridized carbons (Fsp3) is 0.312. The van der Waals surface area contributed by atoms with Crippen LogP contribution in [0.1, 0.15) is 16.1 Å². The number of hydrogen-bond acceptors (Lipinski definition) is 4. The van der Waals surface area contributed by atoms with Gasteiger partial charge >= 0.3 is 0 Å². The summed E-state index contributed by atoms with van der Waals surface area (Å²) in [6.45, 7) is 2.02. The largest absolute Gasteiger partial charge is 0.347 e. The number of benzene rings is 1. The molecule has 0 spiro atoms. The van der Waals surface area contributed by atoms with E-state index in [2.05, 4.69) is 4.98 Å². The third kappa shape index (κ3) is 3.71. The standard InChI is InChI=1S/C16H19N3O2S/c1-11-10-22-15(17-11)12-5-7-13(8-6-12)16(21)19(4)9-14(20)18(2)3/h5-8,10H,9H2,1-4H3. The van der Waals surface area contributed by atoms with Crippen LogP contribution in [0.5, 0.6) is 0 Å². The van der Waals surface area contributed by atoms with E-state index in [-0.39, 0.29) is 18.4 Å². The van der Waals surface area contributed by atoms with Crippen LogP contribution in [0.15, 0.2) is 29.6 Å². The lowest BCUT2D eigenvalue weighted by Crippen LogP contribution is -2.37. The Morgan fingerprint density at radius 3 is 2.27 bits per heavy atom. The summed E-state index contributed by atoms with van der Waals surface area (Å²) in [4.78, 5) is 31.3. The number of amides is 2. The van der Waals surface area contributed by atoms with Gasteiger partial charge in [-0.1, -0.05) is 12.1 Å². The summed E-state index contributed by atoms with van der Waals surface area (Å²) in [5.41, 5.74) is 2.54. The van der Waals surface area contributed by atoms with Crippen molar-refractivity contribution in [3.8, 4) is 10.6 Å². The first kappa shape index (κ1) is 16.2. The van der Waals surface area contributed by atoms with Gasteiger partial charge in [0.15, 0.2) is 0 Å². The summed E-state index contributed by atoms with van der Waals surface area (Å²) >= 11 is 1.58. The van der Waals surface area contributed by atoms with Gasteiger partial charge in [-0.3, -0.25) is 9.59 Å². The molecule has 2 amide bonds. The minimum absolute atomic E-state index is 0.0687. The van der Waals surface area contributed by atoms with Gasteiger partial charge in [0, 0.05) is 43.3 Å². The van der Waals surface area contributed by atoms with Gasteiger partial charge < -0.3 is 9.80 Å². The van der Waals surface area contributed by atoms with E-state index in [1.807, 2.05) is 24.4 Å². The molecule has 6 heteroatoms. The highest BCUT2D eigenvalue weighted by atomic mass is 32.1. The van der Waals surface area contributed by atoms with Crippen LogP contribution in [0.2, 0.25) is 0 Å².